The number of halogens is 2. The van der Waals surface area contributed by atoms with Gasteiger partial charge in [0.05, 0.1) is 17.4 Å². The second-order valence-corrected chi connectivity index (χ2v) is 5.05. The van der Waals surface area contributed by atoms with Crippen molar-refractivity contribution < 1.29 is 13.9 Å². The second kappa shape index (κ2) is 8.40. The molecule has 23 heavy (non-hydrogen) atoms. The SMILES string of the molecule is COCCCNC(=O)c1cnc(Nc2ccc(F)c(Cl)c2)cn1. The first-order valence-electron chi connectivity index (χ1n) is 6.91. The molecule has 0 spiro atoms. The Bertz CT molecular complexity index is 667. The Morgan fingerprint density at radius 2 is 2.17 bits per heavy atom. The van der Waals surface area contributed by atoms with Crippen LogP contribution in [0.25, 0.3) is 0 Å². The van der Waals surface area contributed by atoms with Crippen molar-refractivity contribution in [2.24, 2.45) is 0 Å². The number of aromatic nitrogens is 2. The number of anilines is 2. The van der Waals surface area contributed by atoms with Gasteiger partial charge < -0.3 is 15.4 Å². The molecule has 0 radical (unpaired) electrons. The molecule has 122 valence electrons. The number of hydrogen-bond donors (Lipinski definition) is 2. The normalized spacial score (nSPS) is 10.4. The molecule has 1 aromatic heterocycles. The zero-order valence-corrected chi connectivity index (χ0v) is 13.2. The van der Waals surface area contributed by atoms with Crippen molar-refractivity contribution in [3.8, 4) is 0 Å². The van der Waals surface area contributed by atoms with Gasteiger partial charge in [-0.1, -0.05) is 11.6 Å². The molecule has 0 bridgehead atoms. The highest BCUT2D eigenvalue weighted by Crippen LogP contribution is 2.21. The summed E-state index contributed by atoms with van der Waals surface area (Å²) in [6, 6.07) is 4.22. The lowest BCUT2D eigenvalue weighted by molar-refractivity contribution is 0.0943. The maximum absolute atomic E-state index is 13.1. The molecule has 0 fully saturated rings. The van der Waals surface area contributed by atoms with Gasteiger partial charge in [-0.3, -0.25) is 4.79 Å². The van der Waals surface area contributed by atoms with Crippen LogP contribution in [0.2, 0.25) is 5.02 Å². The molecule has 1 amide bonds. The molecule has 6 nitrogen and oxygen atoms in total. The van der Waals surface area contributed by atoms with E-state index in [1.54, 1.807) is 7.11 Å². The lowest BCUT2D eigenvalue weighted by atomic mass is 10.3. The fraction of sp³-hybridized carbons (Fsp3) is 0.267. The first-order valence-corrected chi connectivity index (χ1v) is 7.29. The molecule has 1 heterocycles. The monoisotopic (exact) mass is 338 g/mol. The van der Waals surface area contributed by atoms with Crippen molar-refractivity contribution in [2.45, 2.75) is 6.42 Å². The molecule has 2 aromatic rings. The summed E-state index contributed by atoms with van der Waals surface area (Å²) in [5.41, 5.74) is 0.785. The predicted molar refractivity (Wildman–Crippen MR) is 85.6 cm³/mol. The minimum Gasteiger partial charge on any atom is -0.385 e. The van der Waals surface area contributed by atoms with Crippen LogP contribution in [-0.2, 0) is 4.74 Å². The number of benzene rings is 1. The summed E-state index contributed by atoms with van der Waals surface area (Å²) in [6.07, 6.45) is 3.50. The van der Waals surface area contributed by atoms with E-state index in [9.17, 15) is 9.18 Å². The molecule has 0 saturated heterocycles. The number of hydrogen-bond acceptors (Lipinski definition) is 5. The summed E-state index contributed by atoms with van der Waals surface area (Å²) in [4.78, 5) is 20.0. The maximum atomic E-state index is 13.1. The quantitative estimate of drug-likeness (QED) is 0.759. The van der Waals surface area contributed by atoms with Crippen LogP contribution in [0, 0.1) is 5.82 Å². The average Bonchev–Trinajstić information content (AvgIpc) is 2.55. The molecular formula is C15H16ClFN4O2. The fourth-order valence-corrected chi connectivity index (χ4v) is 1.92. The van der Waals surface area contributed by atoms with E-state index in [4.69, 9.17) is 16.3 Å². The summed E-state index contributed by atoms with van der Waals surface area (Å²) in [6.45, 7) is 1.08. The van der Waals surface area contributed by atoms with Gasteiger partial charge in [0.15, 0.2) is 0 Å². The third kappa shape index (κ3) is 5.15. The number of ether oxygens (including phenoxy) is 1. The smallest absolute Gasteiger partial charge is 0.271 e. The zero-order valence-electron chi connectivity index (χ0n) is 12.5. The highest BCUT2D eigenvalue weighted by Gasteiger charge is 2.08. The number of carbonyl (C=O) groups excluding carboxylic acids is 1. The van der Waals surface area contributed by atoms with Gasteiger partial charge in [-0.05, 0) is 24.6 Å². The molecule has 0 aliphatic carbocycles. The van der Waals surface area contributed by atoms with Gasteiger partial charge in [0.1, 0.15) is 17.3 Å². The molecular weight excluding hydrogens is 323 g/mol. The van der Waals surface area contributed by atoms with Crippen molar-refractivity contribution in [3.63, 3.8) is 0 Å². The third-order valence-corrected chi connectivity index (χ3v) is 3.18. The van der Waals surface area contributed by atoms with Crippen molar-refractivity contribution >= 4 is 29.0 Å². The van der Waals surface area contributed by atoms with Crippen LogP contribution in [0.4, 0.5) is 15.9 Å². The van der Waals surface area contributed by atoms with Crippen LogP contribution in [0.1, 0.15) is 16.9 Å². The van der Waals surface area contributed by atoms with Gasteiger partial charge >= 0.3 is 0 Å². The Labute approximate surface area is 138 Å². The van der Waals surface area contributed by atoms with Gasteiger partial charge in [0, 0.05) is 25.9 Å². The van der Waals surface area contributed by atoms with Crippen molar-refractivity contribution in [1.82, 2.24) is 15.3 Å². The Morgan fingerprint density at radius 3 is 2.83 bits per heavy atom. The summed E-state index contributed by atoms with van der Waals surface area (Å²) in [7, 11) is 1.60. The summed E-state index contributed by atoms with van der Waals surface area (Å²) < 4.78 is 18.0. The fourth-order valence-electron chi connectivity index (χ4n) is 1.74. The van der Waals surface area contributed by atoms with E-state index in [-0.39, 0.29) is 16.6 Å². The number of rotatable bonds is 7. The van der Waals surface area contributed by atoms with Gasteiger partial charge in [-0.15, -0.1) is 0 Å². The van der Waals surface area contributed by atoms with Crippen LogP contribution in [0.5, 0.6) is 0 Å². The van der Waals surface area contributed by atoms with E-state index >= 15 is 0 Å². The third-order valence-electron chi connectivity index (χ3n) is 2.89. The minimum absolute atomic E-state index is 0.00927. The predicted octanol–water partition coefficient (Wildman–Crippen LogP) is 2.78. The lowest BCUT2D eigenvalue weighted by Gasteiger charge is -2.07. The number of nitrogens with one attached hydrogen (secondary N) is 2. The Hall–Kier alpha value is -2.25. The van der Waals surface area contributed by atoms with E-state index in [1.807, 2.05) is 0 Å². The second-order valence-electron chi connectivity index (χ2n) is 4.64. The first kappa shape index (κ1) is 17.1. The van der Waals surface area contributed by atoms with Crippen molar-refractivity contribution in [2.75, 3.05) is 25.6 Å². The van der Waals surface area contributed by atoms with Crippen molar-refractivity contribution in [3.05, 3.63) is 47.1 Å². The number of nitrogens with zero attached hydrogens (tertiary/aromatic N) is 2. The summed E-state index contributed by atoms with van der Waals surface area (Å²) in [5, 5.41) is 5.65. The van der Waals surface area contributed by atoms with Gasteiger partial charge in [-0.2, -0.15) is 0 Å². The standard InChI is InChI=1S/C15H16ClFN4O2/c1-23-6-2-5-18-15(22)13-8-20-14(9-19-13)21-10-3-4-12(17)11(16)7-10/h3-4,7-9H,2,5-6H2,1H3,(H,18,22)(H,20,21). The highest BCUT2D eigenvalue weighted by molar-refractivity contribution is 6.31. The van der Waals surface area contributed by atoms with Crippen molar-refractivity contribution in [1.29, 1.82) is 0 Å². The van der Waals surface area contributed by atoms with Crippen LogP contribution in [0.15, 0.2) is 30.6 Å². The van der Waals surface area contributed by atoms with Crippen LogP contribution in [0.3, 0.4) is 0 Å². The molecule has 0 aliphatic heterocycles. The Morgan fingerprint density at radius 1 is 1.35 bits per heavy atom. The van der Waals surface area contributed by atoms with E-state index in [0.29, 0.717) is 24.7 Å². The molecule has 8 heteroatoms. The average molecular weight is 339 g/mol. The van der Waals surface area contributed by atoms with Crippen LogP contribution in [-0.4, -0.2) is 36.1 Å². The Kier molecular flexibility index (Phi) is 6.25. The molecule has 2 N–H and O–H groups in total. The lowest BCUT2D eigenvalue weighted by Crippen LogP contribution is -2.26. The van der Waals surface area contributed by atoms with Gasteiger partial charge in [0.2, 0.25) is 0 Å². The maximum Gasteiger partial charge on any atom is 0.271 e. The largest absolute Gasteiger partial charge is 0.385 e. The number of carbonyl (C=O) groups is 1. The summed E-state index contributed by atoms with van der Waals surface area (Å²) in [5.74, 6) is -0.377. The van der Waals surface area contributed by atoms with Crippen LogP contribution >= 0.6 is 11.6 Å². The van der Waals surface area contributed by atoms with Crippen LogP contribution < -0.4 is 10.6 Å². The first-order chi connectivity index (χ1) is 11.1. The number of amides is 1. The molecule has 0 saturated carbocycles. The topological polar surface area (TPSA) is 76.1 Å². The summed E-state index contributed by atoms with van der Waals surface area (Å²) >= 11 is 5.70. The van der Waals surface area contributed by atoms with E-state index in [2.05, 4.69) is 20.6 Å². The minimum atomic E-state index is -0.496. The van der Waals surface area contributed by atoms with E-state index in [0.717, 1.165) is 6.42 Å². The van der Waals surface area contributed by atoms with Gasteiger partial charge in [0.25, 0.3) is 5.91 Å². The van der Waals surface area contributed by atoms with E-state index < -0.39 is 5.82 Å². The molecule has 0 atom stereocenters. The molecule has 0 unspecified atom stereocenters. The zero-order chi connectivity index (χ0) is 16.7. The highest BCUT2D eigenvalue weighted by atomic mass is 35.5. The number of methoxy groups -OCH3 is 1. The van der Waals surface area contributed by atoms with Gasteiger partial charge in [-0.25, -0.2) is 14.4 Å². The molecule has 2 rings (SSSR count). The Balaban J connectivity index is 1.93. The van der Waals surface area contributed by atoms with E-state index in [1.165, 1.54) is 30.6 Å². The molecule has 1 aromatic carbocycles. The molecule has 0 aliphatic rings.